The van der Waals surface area contributed by atoms with Gasteiger partial charge in [-0.15, -0.1) is 5.10 Å². The van der Waals surface area contributed by atoms with E-state index < -0.39 is 0 Å². The molecule has 1 aliphatic rings. The fourth-order valence-corrected chi connectivity index (χ4v) is 2.18. The topological polar surface area (TPSA) is 52.0 Å². The number of hydrogen-bond donors (Lipinski definition) is 1. The highest BCUT2D eigenvalue weighted by Crippen LogP contribution is 2.24. The number of aromatic nitrogens is 3. The third-order valence-electron chi connectivity index (χ3n) is 3.31. The molecular formula is C12H22N4O. The van der Waals surface area contributed by atoms with Crippen LogP contribution in [-0.2, 0) is 24.2 Å². The lowest BCUT2D eigenvalue weighted by molar-refractivity contribution is 0.139. The Morgan fingerprint density at radius 1 is 1.47 bits per heavy atom. The Bertz CT molecular complexity index is 373. The minimum absolute atomic E-state index is 0.197. The Kier molecular flexibility index (Phi) is 3.79. The van der Waals surface area contributed by atoms with Crippen molar-refractivity contribution in [2.24, 2.45) is 5.41 Å². The zero-order valence-electron chi connectivity index (χ0n) is 11.0. The molecule has 0 amide bonds. The van der Waals surface area contributed by atoms with Crippen LogP contribution >= 0.6 is 0 Å². The van der Waals surface area contributed by atoms with Gasteiger partial charge in [0.05, 0.1) is 11.4 Å². The van der Waals surface area contributed by atoms with Crippen molar-refractivity contribution in [2.45, 2.75) is 39.8 Å². The molecule has 0 saturated heterocycles. The van der Waals surface area contributed by atoms with E-state index in [2.05, 4.69) is 34.2 Å². The quantitative estimate of drug-likeness (QED) is 0.831. The van der Waals surface area contributed by atoms with Gasteiger partial charge in [0.2, 0.25) is 0 Å². The summed E-state index contributed by atoms with van der Waals surface area (Å²) in [4.78, 5) is 0. The van der Waals surface area contributed by atoms with E-state index in [0.717, 1.165) is 44.8 Å². The second kappa shape index (κ2) is 5.14. The molecule has 5 nitrogen and oxygen atoms in total. The van der Waals surface area contributed by atoms with E-state index in [9.17, 15) is 0 Å². The van der Waals surface area contributed by atoms with Gasteiger partial charge in [-0.25, -0.2) is 4.68 Å². The van der Waals surface area contributed by atoms with Crippen LogP contribution in [0.3, 0.4) is 0 Å². The highest BCUT2D eigenvalue weighted by atomic mass is 16.5. The molecule has 0 saturated carbocycles. The minimum Gasteiger partial charge on any atom is -0.385 e. The molecule has 5 heteroatoms. The maximum atomic E-state index is 5.15. The summed E-state index contributed by atoms with van der Waals surface area (Å²) < 4.78 is 7.23. The van der Waals surface area contributed by atoms with Gasteiger partial charge >= 0.3 is 0 Å². The lowest BCUT2D eigenvalue weighted by Crippen LogP contribution is -2.28. The van der Waals surface area contributed by atoms with Gasteiger partial charge in [-0.1, -0.05) is 19.1 Å². The van der Waals surface area contributed by atoms with E-state index in [0.29, 0.717) is 0 Å². The molecule has 1 aromatic rings. The molecule has 2 heterocycles. The molecule has 1 aromatic heterocycles. The largest absolute Gasteiger partial charge is 0.385 e. The van der Waals surface area contributed by atoms with Crippen LogP contribution in [0.4, 0.5) is 0 Å². The smallest absolute Gasteiger partial charge is 0.0997 e. The summed E-state index contributed by atoms with van der Waals surface area (Å²) in [5.41, 5.74) is 2.61. The van der Waals surface area contributed by atoms with Crippen molar-refractivity contribution >= 4 is 0 Å². The van der Waals surface area contributed by atoms with Gasteiger partial charge in [0.15, 0.2) is 0 Å². The summed E-state index contributed by atoms with van der Waals surface area (Å²) in [5.74, 6) is 0. The average molecular weight is 238 g/mol. The van der Waals surface area contributed by atoms with Gasteiger partial charge in [-0.3, -0.25) is 0 Å². The van der Waals surface area contributed by atoms with Gasteiger partial charge in [0, 0.05) is 39.8 Å². The second-order valence-corrected chi connectivity index (χ2v) is 5.47. The van der Waals surface area contributed by atoms with Gasteiger partial charge in [-0.05, 0) is 11.8 Å². The second-order valence-electron chi connectivity index (χ2n) is 5.47. The van der Waals surface area contributed by atoms with E-state index in [4.69, 9.17) is 4.74 Å². The SMILES string of the molecule is COCCC(C)(C)Cn1nnc2c1CCNC2. The summed E-state index contributed by atoms with van der Waals surface area (Å²) >= 11 is 0. The first-order valence-corrected chi connectivity index (χ1v) is 6.23. The van der Waals surface area contributed by atoms with Crippen molar-refractivity contribution in [2.75, 3.05) is 20.3 Å². The zero-order valence-corrected chi connectivity index (χ0v) is 11.0. The predicted octanol–water partition coefficient (Wildman–Crippen LogP) is 0.986. The Morgan fingerprint density at radius 3 is 3.06 bits per heavy atom. The fraction of sp³-hybridized carbons (Fsp3) is 0.833. The summed E-state index contributed by atoms with van der Waals surface area (Å²) in [6, 6.07) is 0. The number of methoxy groups -OCH3 is 1. The van der Waals surface area contributed by atoms with Gasteiger partial charge < -0.3 is 10.1 Å². The van der Waals surface area contributed by atoms with Crippen molar-refractivity contribution < 1.29 is 4.74 Å². The molecule has 0 unspecified atom stereocenters. The van der Waals surface area contributed by atoms with Crippen LogP contribution in [0.2, 0.25) is 0 Å². The first-order chi connectivity index (χ1) is 8.12. The summed E-state index contributed by atoms with van der Waals surface area (Å²) in [7, 11) is 1.75. The van der Waals surface area contributed by atoms with Crippen LogP contribution in [0.15, 0.2) is 0 Å². The van der Waals surface area contributed by atoms with Crippen molar-refractivity contribution in [3.63, 3.8) is 0 Å². The van der Waals surface area contributed by atoms with E-state index in [-0.39, 0.29) is 5.41 Å². The van der Waals surface area contributed by atoms with Crippen LogP contribution in [0, 0.1) is 5.41 Å². The fourth-order valence-electron chi connectivity index (χ4n) is 2.18. The third-order valence-corrected chi connectivity index (χ3v) is 3.31. The molecular weight excluding hydrogens is 216 g/mol. The van der Waals surface area contributed by atoms with Crippen LogP contribution in [-0.4, -0.2) is 35.3 Å². The molecule has 17 heavy (non-hydrogen) atoms. The number of nitrogens with zero attached hydrogens (tertiary/aromatic N) is 3. The maximum Gasteiger partial charge on any atom is 0.0997 e. The number of ether oxygens (including phenoxy) is 1. The summed E-state index contributed by atoms with van der Waals surface area (Å²) in [5, 5.41) is 11.8. The molecule has 2 rings (SSSR count). The average Bonchev–Trinajstić information content (AvgIpc) is 2.70. The molecule has 0 spiro atoms. The lowest BCUT2D eigenvalue weighted by atomic mass is 9.89. The monoisotopic (exact) mass is 238 g/mol. The Labute approximate surface area is 103 Å². The van der Waals surface area contributed by atoms with Crippen molar-refractivity contribution in [1.29, 1.82) is 0 Å². The molecule has 0 bridgehead atoms. The van der Waals surface area contributed by atoms with Crippen molar-refractivity contribution in [1.82, 2.24) is 20.3 Å². The number of fused-ring (bicyclic) bond motifs is 1. The Balaban J connectivity index is 2.05. The molecule has 0 fully saturated rings. The van der Waals surface area contributed by atoms with Crippen molar-refractivity contribution in [3.8, 4) is 0 Å². The van der Waals surface area contributed by atoms with E-state index in [1.807, 2.05) is 0 Å². The first-order valence-electron chi connectivity index (χ1n) is 6.23. The number of hydrogen-bond acceptors (Lipinski definition) is 4. The highest BCUT2D eigenvalue weighted by Gasteiger charge is 2.23. The van der Waals surface area contributed by atoms with Crippen LogP contribution < -0.4 is 5.32 Å². The Morgan fingerprint density at radius 2 is 2.29 bits per heavy atom. The highest BCUT2D eigenvalue weighted by molar-refractivity contribution is 5.13. The van der Waals surface area contributed by atoms with Crippen LogP contribution in [0.25, 0.3) is 0 Å². The first kappa shape index (κ1) is 12.5. The number of rotatable bonds is 5. The third kappa shape index (κ3) is 3.04. The molecule has 96 valence electrons. The maximum absolute atomic E-state index is 5.15. The van der Waals surface area contributed by atoms with E-state index in [1.165, 1.54) is 5.69 Å². The van der Waals surface area contributed by atoms with Gasteiger partial charge in [0.1, 0.15) is 0 Å². The van der Waals surface area contributed by atoms with E-state index >= 15 is 0 Å². The minimum atomic E-state index is 0.197. The summed E-state index contributed by atoms with van der Waals surface area (Å²) in [6.45, 7) is 8.10. The molecule has 0 atom stereocenters. The molecule has 0 aromatic carbocycles. The predicted molar refractivity (Wildman–Crippen MR) is 65.7 cm³/mol. The van der Waals surface area contributed by atoms with Crippen molar-refractivity contribution in [3.05, 3.63) is 11.4 Å². The Hall–Kier alpha value is -0.940. The molecule has 1 N–H and O–H groups in total. The zero-order chi connectivity index (χ0) is 12.3. The normalized spacial score (nSPS) is 15.9. The summed E-state index contributed by atoms with van der Waals surface area (Å²) in [6.07, 6.45) is 2.07. The lowest BCUT2D eigenvalue weighted by Gasteiger charge is -2.25. The molecule has 0 radical (unpaired) electrons. The van der Waals surface area contributed by atoms with Crippen LogP contribution in [0.1, 0.15) is 31.7 Å². The van der Waals surface area contributed by atoms with Gasteiger partial charge in [0.25, 0.3) is 0 Å². The van der Waals surface area contributed by atoms with Gasteiger partial charge in [-0.2, -0.15) is 0 Å². The van der Waals surface area contributed by atoms with E-state index in [1.54, 1.807) is 7.11 Å². The molecule has 0 aliphatic carbocycles. The number of nitrogens with one attached hydrogen (secondary N) is 1. The molecule has 1 aliphatic heterocycles. The standard InChI is InChI=1S/C12H22N4O/c1-12(2,5-7-17-3)9-16-11-4-6-13-8-10(11)14-15-16/h13H,4-9H2,1-3H3. The van der Waals surface area contributed by atoms with Crippen LogP contribution in [0.5, 0.6) is 0 Å².